The van der Waals surface area contributed by atoms with Gasteiger partial charge in [0, 0.05) is 35.6 Å². The van der Waals surface area contributed by atoms with E-state index in [1.165, 1.54) is 6.92 Å². The van der Waals surface area contributed by atoms with Gasteiger partial charge >= 0.3 is 0 Å². The fourth-order valence-electron chi connectivity index (χ4n) is 4.51. The van der Waals surface area contributed by atoms with Crippen molar-refractivity contribution in [2.75, 3.05) is 13.6 Å². The van der Waals surface area contributed by atoms with Crippen molar-refractivity contribution in [3.8, 4) is 0 Å². The molecule has 0 fully saturated rings. The van der Waals surface area contributed by atoms with Crippen molar-refractivity contribution in [3.63, 3.8) is 0 Å². The molecule has 1 amide bonds. The van der Waals surface area contributed by atoms with Gasteiger partial charge in [-0.2, -0.15) is 5.10 Å². The summed E-state index contributed by atoms with van der Waals surface area (Å²) in [5.41, 5.74) is 2.59. The highest BCUT2D eigenvalue weighted by molar-refractivity contribution is 6.31. The Labute approximate surface area is 214 Å². The molecule has 2 atom stereocenters. The molecule has 1 aromatic carbocycles. The molecule has 1 aliphatic heterocycles. The Morgan fingerprint density at radius 1 is 1.26 bits per heavy atom. The van der Waals surface area contributed by atoms with Crippen LogP contribution >= 0.6 is 11.6 Å². The molecule has 194 valence electrons. The van der Waals surface area contributed by atoms with E-state index in [-0.39, 0.29) is 17.5 Å². The second kappa shape index (κ2) is 13.7. The Bertz CT molecular complexity index is 1010. The number of aliphatic hydroxyl groups is 1. The van der Waals surface area contributed by atoms with E-state index in [1.54, 1.807) is 6.20 Å². The van der Waals surface area contributed by atoms with Crippen molar-refractivity contribution >= 4 is 28.4 Å². The fourth-order valence-corrected chi connectivity index (χ4v) is 4.74. The highest BCUT2D eigenvalue weighted by atomic mass is 35.5. The summed E-state index contributed by atoms with van der Waals surface area (Å²) in [7, 11) is 1.88. The molecule has 7 nitrogen and oxygen atoms in total. The average Bonchev–Trinajstić information content (AvgIpc) is 3.30. The van der Waals surface area contributed by atoms with Crippen molar-refractivity contribution in [1.82, 2.24) is 26.1 Å². The zero-order valence-corrected chi connectivity index (χ0v) is 22.7. The van der Waals surface area contributed by atoms with Gasteiger partial charge in [-0.25, -0.2) is 0 Å². The quantitative estimate of drug-likeness (QED) is 0.306. The number of dihydropyridines is 1. The van der Waals surface area contributed by atoms with Crippen LogP contribution in [0, 0.1) is 11.3 Å². The largest absolute Gasteiger partial charge is 0.388 e. The minimum atomic E-state index is -0.572. The number of hydrogen-bond acceptors (Lipinski definition) is 5. The number of halogens is 1. The van der Waals surface area contributed by atoms with Crippen molar-refractivity contribution in [2.45, 2.75) is 72.6 Å². The molecule has 0 saturated heterocycles. The summed E-state index contributed by atoms with van der Waals surface area (Å²) < 4.78 is 0. The molecule has 5 N–H and O–H groups in total. The van der Waals surface area contributed by atoms with Crippen LogP contribution in [0.4, 0.5) is 0 Å². The molecule has 35 heavy (non-hydrogen) atoms. The Kier molecular flexibility index (Phi) is 11.3. The van der Waals surface area contributed by atoms with Gasteiger partial charge in [0.2, 0.25) is 5.91 Å². The third kappa shape index (κ3) is 8.09. The van der Waals surface area contributed by atoms with E-state index in [0.29, 0.717) is 17.5 Å². The smallest absolute Gasteiger partial charge is 0.217 e. The molecule has 2 aromatic rings. The predicted octanol–water partition coefficient (Wildman–Crippen LogP) is 5.20. The summed E-state index contributed by atoms with van der Waals surface area (Å²) >= 11 is 6.22. The van der Waals surface area contributed by atoms with Crippen molar-refractivity contribution < 1.29 is 9.90 Å². The average molecular weight is 504 g/mol. The second-order valence-corrected chi connectivity index (χ2v) is 10.2. The van der Waals surface area contributed by atoms with E-state index in [9.17, 15) is 9.90 Å². The number of aliphatic hydroxyl groups excluding tert-OH is 1. The number of nitrogens with one attached hydrogen (secondary N) is 4. The van der Waals surface area contributed by atoms with E-state index in [0.717, 1.165) is 47.7 Å². The lowest BCUT2D eigenvalue weighted by molar-refractivity contribution is -0.118. The first-order valence-electron chi connectivity index (χ1n) is 12.5. The number of likely N-dealkylation sites (N-methyl/N-ethyl adjacent to an activating group) is 1. The second-order valence-electron chi connectivity index (χ2n) is 9.75. The number of carbonyl (C=O) groups excluding carboxylic acids is 1. The van der Waals surface area contributed by atoms with E-state index < -0.39 is 6.10 Å². The fraction of sp³-hybridized carbons (Fsp3) is 0.556. The monoisotopic (exact) mass is 503 g/mol. The molecule has 3 rings (SSSR count). The maximum Gasteiger partial charge on any atom is 0.217 e. The third-order valence-corrected chi connectivity index (χ3v) is 6.89. The molecule has 8 heteroatoms. The first-order chi connectivity index (χ1) is 16.6. The van der Waals surface area contributed by atoms with Gasteiger partial charge in [0.15, 0.2) is 0 Å². The first-order valence-corrected chi connectivity index (χ1v) is 12.9. The summed E-state index contributed by atoms with van der Waals surface area (Å²) in [5, 5.41) is 28.7. The van der Waals surface area contributed by atoms with Crippen molar-refractivity contribution in [3.05, 3.63) is 52.8 Å². The predicted molar refractivity (Wildman–Crippen MR) is 145 cm³/mol. The van der Waals surface area contributed by atoms with Crippen LogP contribution in [-0.4, -0.2) is 41.0 Å². The molecule has 0 spiro atoms. The number of carbonyl (C=O) groups is 1. The number of H-pyrrole nitrogens is 1. The molecule has 0 aliphatic carbocycles. The molecule has 1 aliphatic rings. The van der Waals surface area contributed by atoms with E-state index in [4.69, 9.17) is 11.6 Å². The number of benzene rings is 1. The molecular weight excluding hydrogens is 462 g/mol. The summed E-state index contributed by atoms with van der Waals surface area (Å²) in [4.78, 5) is 10.6. The summed E-state index contributed by atoms with van der Waals surface area (Å²) in [6.45, 7) is 10.8. The van der Waals surface area contributed by atoms with Crippen LogP contribution in [0.5, 0.6) is 0 Å². The normalized spacial score (nSPS) is 16.4. The van der Waals surface area contributed by atoms with E-state index in [2.05, 4.69) is 53.8 Å². The van der Waals surface area contributed by atoms with Gasteiger partial charge < -0.3 is 15.7 Å². The summed E-state index contributed by atoms with van der Waals surface area (Å²) in [6, 6.07) is 3.74. The number of aromatic amines is 1. The van der Waals surface area contributed by atoms with Crippen LogP contribution in [0.2, 0.25) is 5.02 Å². The Morgan fingerprint density at radius 3 is 2.49 bits per heavy atom. The van der Waals surface area contributed by atoms with Crippen molar-refractivity contribution in [2.24, 2.45) is 11.3 Å². The molecular formula is C27H42ClN5O2. The van der Waals surface area contributed by atoms with E-state index in [1.807, 2.05) is 37.5 Å². The highest BCUT2D eigenvalue weighted by Crippen LogP contribution is 2.45. The van der Waals surface area contributed by atoms with Crippen LogP contribution in [0.25, 0.3) is 10.9 Å². The summed E-state index contributed by atoms with van der Waals surface area (Å²) in [6.07, 6.45) is 11.8. The lowest BCUT2D eigenvalue weighted by Gasteiger charge is -2.39. The van der Waals surface area contributed by atoms with Gasteiger partial charge in [-0.05, 0) is 42.2 Å². The van der Waals surface area contributed by atoms with Crippen LogP contribution in [0.3, 0.4) is 0 Å². The standard InChI is InChI=1S/C18H27ClN2O.C9H15N3O/c1-5-7-13(8-6-2)18(3,4)17(22)15-10-14(19)9-12-11-20-21-16(12)15;1-7(13)11-5-8-3-4-9(10-2)12-6-8/h9-11,13,17,22H,5-8H2,1-4H3,(H,20,21);3-4,6,9-10,12H,5H2,1-2H3,(H,11,13). The van der Waals surface area contributed by atoms with Crippen LogP contribution in [0.1, 0.15) is 72.0 Å². The van der Waals surface area contributed by atoms with Gasteiger partial charge in [-0.3, -0.25) is 15.2 Å². The lowest BCUT2D eigenvalue weighted by Crippen LogP contribution is -2.37. The summed E-state index contributed by atoms with van der Waals surface area (Å²) in [5.74, 6) is 0.472. The van der Waals surface area contributed by atoms with Crippen LogP contribution < -0.4 is 16.0 Å². The number of amides is 1. The highest BCUT2D eigenvalue weighted by Gasteiger charge is 2.37. The van der Waals surface area contributed by atoms with Gasteiger partial charge in [0.1, 0.15) is 0 Å². The molecule has 0 bridgehead atoms. The molecule has 0 radical (unpaired) electrons. The number of aromatic nitrogens is 2. The maximum atomic E-state index is 11.1. The number of hydrogen-bond donors (Lipinski definition) is 5. The Hall–Kier alpha value is -2.35. The van der Waals surface area contributed by atoms with Crippen LogP contribution in [-0.2, 0) is 4.79 Å². The number of fused-ring (bicyclic) bond motifs is 1. The van der Waals surface area contributed by atoms with Crippen LogP contribution in [0.15, 0.2) is 42.3 Å². The minimum Gasteiger partial charge on any atom is -0.388 e. The first kappa shape index (κ1) is 28.9. The van der Waals surface area contributed by atoms with Gasteiger partial charge in [0.25, 0.3) is 0 Å². The molecule has 1 aromatic heterocycles. The topological polar surface area (TPSA) is 102 Å². The maximum absolute atomic E-state index is 11.1. The van der Waals surface area contributed by atoms with E-state index >= 15 is 0 Å². The zero-order valence-electron chi connectivity index (χ0n) is 21.9. The minimum absolute atomic E-state index is 0.00922. The Morgan fingerprint density at radius 2 is 1.94 bits per heavy atom. The van der Waals surface area contributed by atoms with Gasteiger partial charge in [-0.15, -0.1) is 0 Å². The molecule has 2 unspecified atom stereocenters. The molecule has 0 saturated carbocycles. The SMILES string of the molecule is CCCC(CCC)C(C)(C)C(O)c1cc(Cl)cc2cn[nH]c12.CNC1C=CC(CNC(C)=O)=CN1. The van der Waals surface area contributed by atoms with Crippen molar-refractivity contribution in [1.29, 1.82) is 0 Å². The number of rotatable bonds is 10. The third-order valence-electron chi connectivity index (χ3n) is 6.67. The van der Waals surface area contributed by atoms with Gasteiger partial charge in [0.05, 0.1) is 24.0 Å². The zero-order chi connectivity index (χ0) is 26.0. The molecule has 2 heterocycles. The number of nitrogens with zero attached hydrogens (tertiary/aromatic N) is 1. The Balaban J connectivity index is 0.000000283. The van der Waals surface area contributed by atoms with Gasteiger partial charge in [-0.1, -0.05) is 71.1 Å². The lowest BCUT2D eigenvalue weighted by atomic mass is 9.68.